The third kappa shape index (κ3) is 6.82. The zero-order chi connectivity index (χ0) is 24.9. The van der Waals surface area contributed by atoms with Crippen molar-refractivity contribution in [2.75, 3.05) is 19.6 Å². The molecule has 2 aliphatic rings. The number of carboxylic acid groups (broad SMARTS) is 1. The Labute approximate surface area is 196 Å². The molecule has 0 radical (unpaired) electrons. The van der Waals surface area contributed by atoms with Crippen LogP contribution in [0.15, 0.2) is 28.7 Å². The number of nitrogens with zero attached hydrogens (tertiary/aromatic N) is 3. The Bertz CT molecular complexity index is 988. The van der Waals surface area contributed by atoms with Gasteiger partial charge in [-0.2, -0.15) is 13.2 Å². The average Bonchev–Trinajstić information content (AvgIpc) is 3.22. The Kier molecular flexibility index (Phi) is 8.35. The molecule has 1 aromatic carbocycles. The van der Waals surface area contributed by atoms with Gasteiger partial charge in [-0.05, 0) is 36.3 Å². The van der Waals surface area contributed by atoms with Crippen molar-refractivity contribution in [3.05, 3.63) is 52.7 Å². The Morgan fingerprint density at radius 1 is 1.18 bits per heavy atom. The Hall–Kier alpha value is -2.88. The summed E-state index contributed by atoms with van der Waals surface area (Å²) in [7, 11) is 0. The predicted octanol–water partition coefficient (Wildman–Crippen LogP) is 4.30. The second kappa shape index (κ2) is 11.0. The van der Waals surface area contributed by atoms with Gasteiger partial charge in [0.1, 0.15) is 5.76 Å². The van der Waals surface area contributed by atoms with Crippen LogP contribution in [0.5, 0.6) is 0 Å². The summed E-state index contributed by atoms with van der Waals surface area (Å²) < 4.78 is 37.6. The molecule has 1 N–H and O–H groups in total. The number of benzene rings is 1. The fourth-order valence-corrected chi connectivity index (χ4v) is 4.13. The van der Waals surface area contributed by atoms with Crippen molar-refractivity contribution >= 4 is 11.9 Å². The molecule has 7 nitrogen and oxygen atoms in total. The van der Waals surface area contributed by atoms with Crippen LogP contribution in [-0.4, -0.2) is 57.6 Å². The number of piperidine rings is 1. The summed E-state index contributed by atoms with van der Waals surface area (Å²) in [6, 6.07) is 8.83. The molecule has 1 aromatic heterocycles. The summed E-state index contributed by atoms with van der Waals surface area (Å²) in [5.74, 6) is -1.07. The van der Waals surface area contributed by atoms with Crippen LogP contribution in [0.2, 0.25) is 0 Å². The summed E-state index contributed by atoms with van der Waals surface area (Å²) in [5, 5.41) is 7.12. The van der Waals surface area contributed by atoms with Crippen molar-refractivity contribution in [2.24, 2.45) is 5.92 Å². The lowest BCUT2D eigenvalue weighted by Gasteiger charge is -2.29. The second-order valence-electron chi connectivity index (χ2n) is 8.82. The molecular formula is C24H30F3N3O4. The molecule has 4 rings (SSSR count). The van der Waals surface area contributed by atoms with Gasteiger partial charge in [-0.25, -0.2) is 9.78 Å². The standard InChI is InChI=1S/C22H29N3O2.C2HF3O2/c1-3-17-6-8-18(9-7-17)14-24-12-10-20-19(15-24)23-21(27-20)22(26)25-11-4-5-16(2)13-25;3-2(4,5)1(6)7/h6-9,16H,3-5,10-15H2,1-2H3;(H,6,7). The van der Waals surface area contributed by atoms with Crippen LogP contribution in [0.25, 0.3) is 0 Å². The van der Waals surface area contributed by atoms with Crippen molar-refractivity contribution in [3.8, 4) is 0 Å². The molecule has 186 valence electrons. The molecule has 0 saturated carbocycles. The fraction of sp³-hybridized carbons (Fsp3) is 0.542. The van der Waals surface area contributed by atoms with E-state index >= 15 is 0 Å². The highest BCUT2D eigenvalue weighted by molar-refractivity contribution is 5.89. The molecule has 10 heteroatoms. The third-order valence-corrected chi connectivity index (χ3v) is 6.01. The maximum Gasteiger partial charge on any atom is 0.490 e. The molecule has 1 amide bonds. The lowest BCUT2D eigenvalue weighted by molar-refractivity contribution is -0.192. The number of oxazole rings is 1. The van der Waals surface area contributed by atoms with E-state index in [1.54, 1.807) is 0 Å². The van der Waals surface area contributed by atoms with Crippen molar-refractivity contribution in [2.45, 2.75) is 58.8 Å². The fourth-order valence-electron chi connectivity index (χ4n) is 4.13. The van der Waals surface area contributed by atoms with Crippen molar-refractivity contribution < 1.29 is 32.3 Å². The second-order valence-corrected chi connectivity index (χ2v) is 8.82. The number of likely N-dealkylation sites (tertiary alicyclic amines) is 1. The quantitative estimate of drug-likeness (QED) is 0.701. The van der Waals surface area contributed by atoms with Gasteiger partial charge in [0.25, 0.3) is 5.89 Å². The van der Waals surface area contributed by atoms with E-state index in [9.17, 15) is 18.0 Å². The van der Waals surface area contributed by atoms with Crippen molar-refractivity contribution in [3.63, 3.8) is 0 Å². The molecule has 2 aliphatic heterocycles. The van der Waals surface area contributed by atoms with Crippen LogP contribution in [-0.2, 0) is 30.7 Å². The number of amides is 1. The molecule has 1 fully saturated rings. The number of aromatic nitrogens is 1. The molecule has 0 spiro atoms. The van der Waals surface area contributed by atoms with Crippen LogP contribution in [0.4, 0.5) is 13.2 Å². The lowest BCUT2D eigenvalue weighted by atomic mass is 10.0. The summed E-state index contributed by atoms with van der Waals surface area (Å²) in [4.78, 5) is 30.5. The zero-order valence-corrected chi connectivity index (χ0v) is 19.4. The molecule has 0 bridgehead atoms. The number of carboxylic acids is 1. The molecule has 3 heterocycles. The number of carbonyl (C=O) groups is 2. The van der Waals surface area contributed by atoms with E-state index in [2.05, 4.69) is 48.0 Å². The van der Waals surface area contributed by atoms with Crippen molar-refractivity contribution in [1.82, 2.24) is 14.8 Å². The van der Waals surface area contributed by atoms with Gasteiger partial charge in [-0.15, -0.1) is 0 Å². The number of hydrogen-bond donors (Lipinski definition) is 1. The average molecular weight is 482 g/mol. The van der Waals surface area contributed by atoms with Crippen LogP contribution >= 0.6 is 0 Å². The molecular weight excluding hydrogens is 451 g/mol. The Balaban J connectivity index is 0.000000406. The van der Waals surface area contributed by atoms with Gasteiger partial charge in [-0.1, -0.05) is 38.1 Å². The lowest BCUT2D eigenvalue weighted by Crippen LogP contribution is -2.39. The Morgan fingerprint density at radius 3 is 2.41 bits per heavy atom. The number of aliphatic carboxylic acids is 1. The van der Waals surface area contributed by atoms with Crippen LogP contribution in [0, 0.1) is 5.92 Å². The third-order valence-electron chi connectivity index (χ3n) is 6.01. The number of fused-ring (bicyclic) bond motifs is 1. The largest absolute Gasteiger partial charge is 0.490 e. The molecule has 1 unspecified atom stereocenters. The van der Waals surface area contributed by atoms with E-state index in [0.717, 1.165) is 63.4 Å². The van der Waals surface area contributed by atoms with Gasteiger partial charge >= 0.3 is 18.1 Å². The maximum atomic E-state index is 12.8. The summed E-state index contributed by atoms with van der Waals surface area (Å²) in [6.45, 7) is 8.59. The summed E-state index contributed by atoms with van der Waals surface area (Å²) >= 11 is 0. The highest BCUT2D eigenvalue weighted by Crippen LogP contribution is 2.24. The highest BCUT2D eigenvalue weighted by Gasteiger charge is 2.38. The van der Waals surface area contributed by atoms with Crippen LogP contribution in [0.3, 0.4) is 0 Å². The molecule has 2 aromatic rings. The molecule has 34 heavy (non-hydrogen) atoms. The molecule has 0 aliphatic carbocycles. The number of halogens is 3. The van der Waals surface area contributed by atoms with Gasteiger partial charge in [0, 0.05) is 39.1 Å². The highest BCUT2D eigenvalue weighted by atomic mass is 19.4. The van der Waals surface area contributed by atoms with Gasteiger partial charge < -0.3 is 14.4 Å². The number of hydrogen-bond acceptors (Lipinski definition) is 5. The monoisotopic (exact) mass is 481 g/mol. The number of alkyl halides is 3. The van der Waals surface area contributed by atoms with E-state index in [4.69, 9.17) is 14.3 Å². The normalized spacial score (nSPS) is 18.6. The summed E-state index contributed by atoms with van der Waals surface area (Å²) in [6.07, 6.45) is -0.935. The van der Waals surface area contributed by atoms with E-state index in [0.29, 0.717) is 5.92 Å². The van der Waals surface area contributed by atoms with Crippen LogP contribution < -0.4 is 0 Å². The maximum absolute atomic E-state index is 12.8. The molecule has 1 saturated heterocycles. The zero-order valence-electron chi connectivity index (χ0n) is 19.4. The van der Waals surface area contributed by atoms with Crippen LogP contribution in [0.1, 0.15) is 60.0 Å². The Morgan fingerprint density at radius 2 is 1.82 bits per heavy atom. The first-order valence-corrected chi connectivity index (χ1v) is 11.4. The minimum absolute atomic E-state index is 0.0438. The van der Waals surface area contributed by atoms with Gasteiger partial charge in [0.15, 0.2) is 0 Å². The predicted molar refractivity (Wildman–Crippen MR) is 118 cm³/mol. The number of aryl methyl sites for hydroxylation is 1. The summed E-state index contributed by atoms with van der Waals surface area (Å²) in [5.41, 5.74) is 3.61. The number of carbonyl (C=O) groups excluding carboxylic acids is 1. The topological polar surface area (TPSA) is 86.9 Å². The number of rotatable bonds is 4. The minimum atomic E-state index is -5.08. The molecule has 1 atom stereocenters. The van der Waals surface area contributed by atoms with Gasteiger partial charge in [-0.3, -0.25) is 9.69 Å². The SMILES string of the molecule is CCc1ccc(CN2CCc3oc(C(=O)N4CCCC(C)C4)nc3C2)cc1.O=C(O)C(F)(F)F. The first-order chi connectivity index (χ1) is 16.1. The first-order valence-electron chi connectivity index (χ1n) is 11.4. The minimum Gasteiger partial charge on any atom is -0.475 e. The first kappa shape index (κ1) is 25.7. The van der Waals surface area contributed by atoms with Gasteiger partial charge in [0.2, 0.25) is 0 Å². The van der Waals surface area contributed by atoms with E-state index in [-0.39, 0.29) is 11.8 Å². The van der Waals surface area contributed by atoms with E-state index in [1.807, 2.05) is 4.90 Å². The smallest absolute Gasteiger partial charge is 0.475 e. The van der Waals surface area contributed by atoms with Crippen molar-refractivity contribution in [1.29, 1.82) is 0 Å². The van der Waals surface area contributed by atoms with Gasteiger partial charge in [0.05, 0.1) is 5.69 Å². The van der Waals surface area contributed by atoms with E-state index < -0.39 is 12.1 Å². The van der Waals surface area contributed by atoms with E-state index in [1.165, 1.54) is 17.5 Å².